The van der Waals surface area contributed by atoms with Crippen molar-refractivity contribution in [3.05, 3.63) is 76.4 Å². The Morgan fingerprint density at radius 2 is 1.97 bits per heavy atom. The second-order valence-electron chi connectivity index (χ2n) is 9.53. The molecule has 0 saturated carbocycles. The number of benzene rings is 1. The topological polar surface area (TPSA) is 75.2 Å². The Labute approximate surface area is 225 Å². The fraction of sp³-hybridized carbons (Fsp3) is 0.333. The van der Waals surface area contributed by atoms with Crippen LogP contribution in [0.1, 0.15) is 40.9 Å². The van der Waals surface area contributed by atoms with Gasteiger partial charge in [0.1, 0.15) is 11.3 Å². The van der Waals surface area contributed by atoms with E-state index >= 15 is 0 Å². The zero-order valence-electron chi connectivity index (χ0n) is 20.4. The van der Waals surface area contributed by atoms with E-state index in [1.54, 1.807) is 30.3 Å². The van der Waals surface area contributed by atoms with E-state index in [2.05, 4.69) is 15.5 Å². The first-order chi connectivity index (χ1) is 18.2. The molecule has 2 aliphatic rings. The van der Waals surface area contributed by atoms with E-state index in [1.807, 2.05) is 25.1 Å². The smallest absolute Gasteiger partial charge is 0.267 e. The third-order valence-corrected chi connectivity index (χ3v) is 8.74. The zero-order valence-corrected chi connectivity index (χ0v) is 22.1. The molecule has 1 fully saturated rings. The average Bonchev–Trinajstić information content (AvgIpc) is 3.66. The minimum absolute atomic E-state index is 0.0411. The number of amides is 2. The molecule has 1 aliphatic carbocycles. The van der Waals surface area contributed by atoms with Crippen LogP contribution >= 0.6 is 22.7 Å². The van der Waals surface area contributed by atoms with Crippen molar-refractivity contribution in [3.63, 3.8) is 0 Å². The zero-order chi connectivity index (χ0) is 26.9. The molecule has 1 aliphatic heterocycles. The molecule has 5 rings (SSSR count). The van der Waals surface area contributed by atoms with Gasteiger partial charge in [-0.2, -0.15) is 0 Å². The highest BCUT2D eigenvalue weighted by Crippen LogP contribution is 2.43. The lowest BCUT2D eigenvalue weighted by Crippen LogP contribution is -2.31. The highest BCUT2D eigenvalue weighted by Gasteiger charge is 2.40. The van der Waals surface area contributed by atoms with Crippen LogP contribution in [-0.2, 0) is 4.79 Å². The minimum atomic E-state index is -2.84. The highest BCUT2D eigenvalue weighted by molar-refractivity contribution is 7.15. The van der Waals surface area contributed by atoms with Crippen molar-refractivity contribution in [2.24, 2.45) is 11.8 Å². The number of hydrogen-bond acceptors (Lipinski definition) is 6. The maximum absolute atomic E-state index is 14.2. The van der Waals surface area contributed by atoms with E-state index in [-0.39, 0.29) is 43.0 Å². The Hall–Kier alpha value is -3.31. The number of rotatable bonds is 7. The molecule has 3 heterocycles. The quantitative estimate of drug-likeness (QED) is 0.358. The van der Waals surface area contributed by atoms with Gasteiger partial charge in [0, 0.05) is 46.5 Å². The molecular weight excluding hydrogens is 533 g/mol. The van der Waals surface area contributed by atoms with Crippen molar-refractivity contribution in [1.29, 1.82) is 0 Å². The van der Waals surface area contributed by atoms with Crippen molar-refractivity contribution < 1.29 is 22.8 Å². The van der Waals surface area contributed by atoms with Gasteiger partial charge >= 0.3 is 0 Å². The van der Waals surface area contributed by atoms with Crippen molar-refractivity contribution in [1.82, 2.24) is 15.1 Å². The van der Waals surface area contributed by atoms with Crippen molar-refractivity contribution in [3.8, 4) is 10.4 Å². The summed E-state index contributed by atoms with van der Waals surface area (Å²) < 4.78 is 41.3. The third-order valence-electron chi connectivity index (χ3n) is 6.90. The summed E-state index contributed by atoms with van der Waals surface area (Å²) in [6.07, 6.45) is 4.95. The van der Waals surface area contributed by atoms with Gasteiger partial charge in [0.15, 0.2) is 0 Å². The van der Waals surface area contributed by atoms with Gasteiger partial charge in [-0.05, 0) is 41.8 Å². The van der Waals surface area contributed by atoms with Crippen LogP contribution < -0.4 is 5.32 Å². The summed E-state index contributed by atoms with van der Waals surface area (Å²) in [5.74, 6) is -4.67. The van der Waals surface area contributed by atoms with Crippen LogP contribution in [0.5, 0.6) is 0 Å². The lowest BCUT2D eigenvalue weighted by molar-refractivity contribution is -0.120. The molecule has 6 nitrogen and oxygen atoms in total. The molecule has 3 atom stereocenters. The van der Waals surface area contributed by atoms with Gasteiger partial charge < -0.3 is 10.2 Å². The van der Waals surface area contributed by atoms with E-state index in [1.165, 1.54) is 39.2 Å². The van der Waals surface area contributed by atoms with Gasteiger partial charge in [-0.3, -0.25) is 9.59 Å². The summed E-state index contributed by atoms with van der Waals surface area (Å²) in [4.78, 5) is 28.8. The van der Waals surface area contributed by atoms with E-state index < -0.39 is 24.3 Å². The molecule has 2 amide bonds. The molecule has 0 radical (unpaired) electrons. The van der Waals surface area contributed by atoms with Crippen molar-refractivity contribution >= 4 is 39.6 Å². The van der Waals surface area contributed by atoms with Gasteiger partial charge in [-0.15, -0.1) is 21.5 Å². The van der Waals surface area contributed by atoms with Crippen LogP contribution in [0.25, 0.3) is 10.4 Å². The van der Waals surface area contributed by atoms with Gasteiger partial charge in [0.25, 0.3) is 11.8 Å². The summed E-state index contributed by atoms with van der Waals surface area (Å²) in [5.41, 5.74) is 2.75. The maximum atomic E-state index is 14.2. The minimum Gasteiger partial charge on any atom is -0.332 e. The molecule has 0 bridgehead atoms. The molecule has 1 N–H and O–H groups in total. The number of nitrogens with zero attached hydrogens (tertiary/aromatic N) is 3. The predicted octanol–water partition coefficient (Wildman–Crippen LogP) is 6.54. The highest BCUT2D eigenvalue weighted by atomic mass is 32.1. The van der Waals surface area contributed by atoms with E-state index in [9.17, 15) is 22.8 Å². The van der Waals surface area contributed by atoms with Crippen LogP contribution in [0, 0.1) is 11.8 Å². The summed E-state index contributed by atoms with van der Waals surface area (Å²) >= 11 is 2.73. The van der Waals surface area contributed by atoms with Crippen molar-refractivity contribution in [2.45, 2.75) is 31.6 Å². The fourth-order valence-corrected chi connectivity index (χ4v) is 6.65. The molecule has 38 heavy (non-hydrogen) atoms. The molecule has 198 valence electrons. The number of aromatic nitrogens is 2. The van der Waals surface area contributed by atoms with Crippen molar-refractivity contribution in [2.75, 3.05) is 18.4 Å². The molecule has 1 unspecified atom stereocenters. The van der Waals surface area contributed by atoms with Crippen LogP contribution in [-0.4, -0.2) is 45.9 Å². The normalized spacial score (nSPS) is 20.2. The van der Waals surface area contributed by atoms with Gasteiger partial charge in [0.2, 0.25) is 11.0 Å². The fourth-order valence-electron chi connectivity index (χ4n) is 4.90. The SMILES string of the molecule is C[C@@H](C(=O)Nc1nncs1)[C@@H](c1ccc(-c2ccc(C(=O)N3CCC(F)(F)C3)cc2)s1)C1C=CC=C(F)C1. The number of likely N-dealkylation sites (tertiary alicyclic amines) is 1. The van der Waals surface area contributed by atoms with Crippen LogP contribution in [0.15, 0.2) is 66.0 Å². The second-order valence-corrected chi connectivity index (χ2v) is 11.5. The molecule has 0 spiro atoms. The Balaban J connectivity index is 1.36. The van der Waals surface area contributed by atoms with Gasteiger partial charge in [-0.25, -0.2) is 13.2 Å². The van der Waals surface area contributed by atoms with Gasteiger partial charge in [-0.1, -0.05) is 42.5 Å². The van der Waals surface area contributed by atoms with E-state index in [0.29, 0.717) is 10.7 Å². The first kappa shape index (κ1) is 26.3. The third kappa shape index (κ3) is 5.73. The van der Waals surface area contributed by atoms with Crippen LogP contribution in [0.2, 0.25) is 0 Å². The molecule has 2 aromatic heterocycles. The Kier molecular flexibility index (Phi) is 7.49. The summed E-state index contributed by atoms with van der Waals surface area (Å²) in [7, 11) is 0. The Bertz CT molecular complexity index is 1370. The summed E-state index contributed by atoms with van der Waals surface area (Å²) in [6.45, 7) is 1.31. The summed E-state index contributed by atoms with van der Waals surface area (Å²) in [6, 6.07) is 10.8. The first-order valence-electron chi connectivity index (χ1n) is 12.2. The lowest BCUT2D eigenvalue weighted by atomic mass is 9.77. The number of alkyl halides is 2. The molecule has 1 saturated heterocycles. The number of halogens is 3. The largest absolute Gasteiger partial charge is 0.332 e. The number of thiophene rings is 1. The average molecular weight is 559 g/mol. The number of allylic oxidation sites excluding steroid dienone is 4. The molecule has 1 aromatic carbocycles. The first-order valence-corrected chi connectivity index (χ1v) is 13.9. The molecule has 3 aromatic rings. The number of anilines is 1. The van der Waals surface area contributed by atoms with Gasteiger partial charge in [0.05, 0.1) is 6.54 Å². The second kappa shape index (κ2) is 10.8. The standard InChI is InChI=1S/C27H25F3N4O2S2/c1-16(24(35)32-26-33-31-15-37-26)23(19-3-2-4-20(28)13-19)22-10-9-21(38-22)17-5-7-18(8-6-17)25(36)34-12-11-27(29,30)14-34/h2-10,15-16,19,23H,11-14H2,1H3,(H,32,33,35)/t16-,19?,23-/m1/s1. The number of nitrogens with one attached hydrogen (secondary N) is 1. The number of carbonyl (C=O) groups is 2. The Morgan fingerprint density at radius 1 is 1.18 bits per heavy atom. The number of carbonyl (C=O) groups excluding carboxylic acids is 2. The predicted molar refractivity (Wildman–Crippen MR) is 142 cm³/mol. The molecule has 11 heteroatoms. The van der Waals surface area contributed by atoms with E-state index in [4.69, 9.17) is 0 Å². The molecular formula is C27H25F3N4O2S2. The van der Waals surface area contributed by atoms with Crippen LogP contribution in [0.3, 0.4) is 0 Å². The van der Waals surface area contributed by atoms with E-state index in [0.717, 1.165) is 15.3 Å². The number of hydrogen-bond donors (Lipinski definition) is 1. The van der Waals surface area contributed by atoms with Crippen LogP contribution in [0.4, 0.5) is 18.3 Å². The Morgan fingerprint density at radius 3 is 2.63 bits per heavy atom. The lowest BCUT2D eigenvalue weighted by Gasteiger charge is -2.29. The monoisotopic (exact) mass is 558 g/mol. The summed E-state index contributed by atoms with van der Waals surface area (Å²) in [5, 5.41) is 10.8. The maximum Gasteiger partial charge on any atom is 0.267 e.